The second-order valence-corrected chi connectivity index (χ2v) is 6.51. The number of pyridine rings is 1. The van der Waals surface area contributed by atoms with Gasteiger partial charge in [-0.3, -0.25) is 9.78 Å². The maximum atomic E-state index is 12.3. The smallest absolute Gasteiger partial charge is 0.271 e. The molecule has 0 aliphatic rings. The van der Waals surface area contributed by atoms with E-state index in [0.29, 0.717) is 12.2 Å². The fourth-order valence-corrected chi connectivity index (χ4v) is 2.67. The molecule has 6 nitrogen and oxygen atoms in total. The summed E-state index contributed by atoms with van der Waals surface area (Å²) in [6, 6.07) is 14.2. The Labute approximate surface area is 159 Å². The summed E-state index contributed by atoms with van der Waals surface area (Å²) in [5, 5.41) is 2.83. The van der Waals surface area contributed by atoms with Gasteiger partial charge >= 0.3 is 0 Å². The van der Waals surface area contributed by atoms with Crippen molar-refractivity contribution in [1.29, 1.82) is 0 Å². The van der Waals surface area contributed by atoms with Gasteiger partial charge in [0.25, 0.3) is 5.91 Å². The van der Waals surface area contributed by atoms with Gasteiger partial charge in [-0.15, -0.1) is 0 Å². The zero-order valence-electron chi connectivity index (χ0n) is 15.5. The number of carbonyl (C=O) groups excluding carboxylic acids is 1. The zero-order valence-corrected chi connectivity index (χ0v) is 15.5. The van der Waals surface area contributed by atoms with Crippen LogP contribution in [0.2, 0.25) is 0 Å². The van der Waals surface area contributed by atoms with E-state index in [4.69, 9.17) is 0 Å². The molecule has 1 aromatic carbocycles. The van der Waals surface area contributed by atoms with Gasteiger partial charge in [0.1, 0.15) is 11.5 Å². The van der Waals surface area contributed by atoms with Crippen LogP contribution >= 0.6 is 0 Å². The van der Waals surface area contributed by atoms with E-state index in [0.717, 1.165) is 17.9 Å². The third-order valence-corrected chi connectivity index (χ3v) is 4.16. The first-order chi connectivity index (χ1) is 13.1. The lowest BCUT2D eigenvalue weighted by Gasteiger charge is -2.27. The molecule has 3 rings (SSSR count). The van der Waals surface area contributed by atoms with Gasteiger partial charge in [0.05, 0.1) is 12.4 Å². The molecule has 3 aromatic rings. The van der Waals surface area contributed by atoms with Crippen LogP contribution in [0.25, 0.3) is 0 Å². The molecular weight excluding hydrogens is 338 g/mol. The predicted octanol–water partition coefficient (Wildman–Crippen LogP) is 3.22. The van der Waals surface area contributed by atoms with Gasteiger partial charge in [-0.05, 0) is 31.0 Å². The first-order valence-corrected chi connectivity index (χ1v) is 8.93. The third-order valence-electron chi connectivity index (χ3n) is 4.16. The van der Waals surface area contributed by atoms with Gasteiger partial charge in [-0.2, -0.15) is 0 Å². The van der Waals surface area contributed by atoms with Crippen LogP contribution < -0.4 is 10.2 Å². The first-order valence-electron chi connectivity index (χ1n) is 8.93. The highest BCUT2D eigenvalue weighted by Crippen LogP contribution is 2.17. The number of rotatable bonds is 7. The van der Waals surface area contributed by atoms with Crippen molar-refractivity contribution in [2.24, 2.45) is 0 Å². The Hall–Kier alpha value is -3.28. The lowest BCUT2D eigenvalue weighted by atomic mass is 10.2. The number of aromatic nitrogens is 3. The molecule has 0 atom stereocenters. The number of carbonyl (C=O) groups is 1. The maximum Gasteiger partial charge on any atom is 0.271 e. The highest BCUT2D eigenvalue weighted by Gasteiger charge is 2.15. The summed E-state index contributed by atoms with van der Waals surface area (Å²) in [6.45, 7) is 5.36. The Morgan fingerprint density at radius 3 is 2.41 bits per heavy atom. The van der Waals surface area contributed by atoms with Crippen molar-refractivity contribution in [1.82, 2.24) is 20.3 Å². The number of benzene rings is 1. The van der Waals surface area contributed by atoms with E-state index < -0.39 is 0 Å². The van der Waals surface area contributed by atoms with Gasteiger partial charge in [0.15, 0.2) is 0 Å². The highest BCUT2D eigenvalue weighted by molar-refractivity contribution is 5.91. The van der Waals surface area contributed by atoms with Crippen LogP contribution in [0.5, 0.6) is 0 Å². The predicted molar refractivity (Wildman–Crippen MR) is 105 cm³/mol. The van der Waals surface area contributed by atoms with Crippen LogP contribution in [0.3, 0.4) is 0 Å². The number of hydrogen-bond acceptors (Lipinski definition) is 5. The number of nitrogens with zero attached hydrogens (tertiary/aromatic N) is 4. The fourth-order valence-electron chi connectivity index (χ4n) is 2.67. The van der Waals surface area contributed by atoms with Gasteiger partial charge in [-0.25, -0.2) is 9.97 Å². The summed E-state index contributed by atoms with van der Waals surface area (Å²) < 4.78 is 0. The molecule has 1 N–H and O–H groups in total. The molecular formula is C21H23N5O. The second-order valence-electron chi connectivity index (χ2n) is 6.51. The maximum absolute atomic E-state index is 12.3. The Balaban J connectivity index is 1.66. The van der Waals surface area contributed by atoms with Crippen LogP contribution in [-0.4, -0.2) is 26.9 Å². The minimum atomic E-state index is -0.253. The van der Waals surface area contributed by atoms with Crippen LogP contribution in [0.4, 0.5) is 5.82 Å². The van der Waals surface area contributed by atoms with Crippen molar-refractivity contribution < 1.29 is 4.79 Å². The quantitative estimate of drug-likeness (QED) is 0.700. The summed E-state index contributed by atoms with van der Waals surface area (Å²) in [5.74, 6) is 0.495. The fraction of sp³-hybridized carbons (Fsp3) is 0.238. The molecule has 0 spiro atoms. The molecule has 27 heavy (non-hydrogen) atoms. The largest absolute Gasteiger partial charge is 0.349 e. The van der Waals surface area contributed by atoms with Gasteiger partial charge in [0, 0.05) is 31.5 Å². The van der Waals surface area contributed by atoms with E-state index in [1.165, 1.54) is 11.8 Å². The average molecular weight is 361 g/mol. The molecule has 2 heterocycles. The molecule has 0 bridgehead atoms. The molecule has 0 fully saturated rings. The van der Waals surface area contributed by atoms with Crippen LogP contribution in [-0.2, 0) is 13.1 Å². The topological polar surface area (TPSA) is 71.0 Å². The molecule has 1 amide bonds. The summed E-state index contributed by atoms with van der Waals surface area (Å²) in [5.41, 5.74) is 2.43. The number of hydrogen-bond donors (Lipinski definition) is 1. The molecule has 6 heteroatoms. The Morgan fingerprint density at radius 1 is 1.00 bits per heavy atom. The molecule has 0 radical (unpaired) electrons. The van der Waals surface area contributed by atoms with Crippen LogP contribution in [0, 0.1) is 0 Å². The van der Waals surface area contributed by atoms with E-state index in [1.807, 2.05) is 30.3 Å². The van der Waals surface area contributed by atoms with Crippen molar-refractivity contribution in [3.8, 4) is 0 Å². The van der Waals surface area contributed by atoms with E-state index in [9.17, 15) is 4.79 Å². The summed E-state index contributed by atoms with van der Waals surface area (Å²) in [7, 11) is 0. The standard InChI is InChI=1S/C21H23N5O/c1-16(2)26(15-17-7-4-3-5-8-17)20-14-23-19(13-24-20)21(27)25-12-18-9-6-10-22-11-18/h3-11,13-14,16H,12,15H2,1-2H3,(H,25,27). The Morgan fingerprint density at radius 2 is 1.78 bits per heavy atom. The number of nitrogens with one attached hydrogen (secondary N) is 1. The summed E-state index contributed by atoms with van der Waals surface area (Å²) in [6.07, 6.45) is 6.60. The molecule has 0 unspecified atom stereocenters. The van der Waals surface area contributed by atoms with Crippen molar-refractivity contribution in [3.63, 3.8) is 0 Å². The molecule has 0 saturated carbocycles. The highest BCUT2D eigenvalue weighted by atomic mass is 16.1. The van der Waals surface area contributed by atoms with Crippen LogP contribution in [0.1, 0.15) is 35.5 Å². The molecule has 2 aromatic heterocycles. The van der Waals surface area contributed by atoms with Gasteiger partial charge in [0.2, 0.25) is 0 Å². The van der Waals surface area contributed by atoms with E-state index in [2.05, 4.69) is 51.1 Å². The Bertz CT molecular complexity index is 851. The van der Waals surface area contributed by atoms with E-state index in [-0.39, 0.29) is 11.9 Å². The van der Waals surface area contributed by atoms with E-state index in [1.54, 1.807) is 18.6 Å². The summed E-state index contributed by atoms with van der Waals surface area (Å²) >= 11 is 0. The van der Waals surface area contributed by atoms with Crippen molar-refractivity contribution in [2.45, 2.75) is 33.0 Å². The van der Waals surface area contributed by atoms with E-state index >= 15 is 0 Å². The zero-order chi connectivity index (χ0) is 19.1. The lowest BCUT2D eigenvalue weighted by molar-refractivity contribution is 0.0945. The van der Waals surface area contributed by atoms with Crippen LogP contribution in [0.15, 0.2) is 67.3 Å². The minimum Gasteiger partial charge on any atom is -0.349 e. The average Bonchev–Trinajstić information content (AvgIpc) is 2.72. The molecule has 138 valence electrons. The van der Waals surface area contributed by atoms with Gasteiger partial charge in [-0.1, -0.05) is 36.4 Å². The Kier molecular flexibility index (Phi) is 6.10. The minimum absolute atomic E-state index is 0.253. The number of amides is 1. The first kappa shape index (κ1) is 18.5. The normalized spacial score (nSPS) is 10.6. The molecule has 0 aliphatic heterocycles. The van der Waals surface area contributed by atoms with Crippen molar-refractivity contribution in [3.05, 3.63) is 84.1 Å². The SMILES string of the molecule is CC(C)N(Cc1ccccc1)c1cnc(C(=O)NCc2cccnc2)cn1. The molecule has 0 saturated heterocycles. The lowest BCUT2D eigenvalue weighted by Crippen LogP contribution is -2.31. The monoisotopic (exact) mass is 361 g/mol. The van der Waals surface area contributed by atoms with Gasteiger partial charge < -0.3 is 10.2 Å². The second kappa shape index (κ2) is 8.89. The van der Waals surface area contributed by atoms with Crippen molar-refractivity contribution >= 4 is 11.7 Å². The third kappa shape index (κ3) is 5.10. The summed E-state index contributed by atoms with van der Waals surface area (Å²) in [4.78, 5) is 27.2. The number of anilines is 1. The van der Waals surface area contributed by atoms with Crippen molar-refractivity contribution in [2.75, 3.05) is 4.90 Å². The molecule has 0 aliphatic carbocycles.